The SMILES string of the molecule is CN(CC(=O)Nc1ccccc1Br)C(=O)COc1ccc(C#N)cc1. The van der Waals surface area contributed by atoms with Gasteiger partial charge in [0.2, 0.25) is 5.91 Å². The van der Waals surface area contributed by atoms with Crippen LogP contribution in [-0.4, -0.2) is 36.9 Å². The van der Waals surface area contributed by atoms with Crippen molar-refractivity contribution in [2.24, 2.45) is 0 Å². The molecule has 0 radical (unpaired) electrons. The number of carbonyl (C=O) groups is 2. The van der Waals surface area contributed by atoms with Gasteiger partial charge in [-0.1, -0.05) is 12.1 Å². The Labute approximate surface area is 154 Å². The van der Waals surface area contributed by atoms with Gasteiger partial charge in [0, 0.05) is 11.5 Å². The van der Waals surface area contributed by atoms with Crippen molar-refractivity contribution in [1.29, 1.82) is 5.26 Å². The topological polar surface area (TPSA) is 82.4 Å². The molecule has 0 fully saturated rings. The Bertz CT molecular complexity index is 800. The van der Waals surface area contributed by atoms with Gasteiger partial charge in [0.05, 0.1) is 23.9 Å². The van der Waals surface area contributed by atoms with E-state index >= 15 is 0 Å². The summed E-state index contributed by atoms with van der Waals surface area (Å²) in [6.45, 7) is -0.276. The molecule has 128 valence electrons. The van der Waals surface area contributed by atoms with Crippen molar-refractivity contribution >= 4 is 33.4 Å². The lowest BCUT2D eigenvalue weighted by atomic mass is 10.2. The van der Waals surface area contributed by atoms with E-state index in [4.69, 9.17) is 10.00 Å². The Balaban J connectivity index is 1.82. The fraction of sp³-hybridized carbons (Fsp3) is 0.167. The average molecular weight is 402 g/mol. The van der Waals surface area contributed by atoms with Gasteiger partial charge in [-0.25, -0.2) is 0 Å². The van der Waals surface area contributed by atoms with E-state index in [2.05, 4.69) is 21.2 Å². The summed E-state index contributed by atoms with van der Waals surface area (Å²) >= 11 is 3.35. The Kier molecular flexibility index (Phi) is 6.54. The molecule has 1 N–H and O–H groups in total. The largest absolute Gasteiger partial charge is 0.484 e. The molecular weight excluding hydrogens is 386 g/mol. The maximum atomic E-state index is 12.1. The lowest BCUT2D eigenvalue weighted by Crippen LogP contribution is -2.37. The molecule has 6 nitrogen and oxygen atoms in total. The first-order valence-corrected chi connectivity index (χ1v) is 8.20. The third-order valence-corrected chi connectivity index (χ3v) is 3.99. The number of ether oxygens (including phenoxy) is 1. The first kappa shape index (κ1) is 18.5. The second-order valence-corrected chi connectivity index (χ2v) is 6.06. The van der Waals surface area contributed by atoms with Crippen molar-refractivity contribution in [1.82, 2.24) is 4.90 Å². The predicted octanol–water partition coefficient (Wildman–Crippen LogP) is 2.80. The number of carbonyl (C=O) groups excluding carboxylic acids is 2. The van der Waals surface area contributed by atoms with E-state index in [1.54, 1.807) is 36.4 Å². The lowest BCUT2D eigenvalue weighted by molar-refractivity contribution is -0.135. The van der Waals surface area contributed by atoms with E-state index in [1.165, 1.54) is 11.9 Å². The molecule has 0 unspecified atom stereocenters. The molecule has 0 heterocycles. The normalized spacial score (nSPS) is 9.80. The molecule has 2 amide bonds. The van der Waals surface area contributed by atoms with Crippen LogP contribution in [0.25, 0.3) is 0 Å². The average Bonchev–Trinajstić information content (AvgIpc) is 2.62. The van der Waals surface area contributed by atoms with Gasteiger partial charge in [-0.05, 0) is 52.3 Å². The number of nitrogens with one attached hydrogen (secondary N) is 1. The number of hydrogen-bond acceptors (Lipinski definition) is 4. The number of nitrogens with zero attached hydrogens (tertiary/aromatic N) is 2. The quantitative estimate of drug-likeness (QED) is 0.806. The Hall–Kier alpha value is -2.85. The summed E-state index contributed by atoms with van der Waals surface area (Å²) in [6, 6.07) is 15.7. The standard InChI is InChI=1S/C18H16BrN3O3/c1-22(11-17(23)21-16-5-3-2-4-15(16)19)18(24)12-25-14-8-6-13(10-20)7-9-14/h2-9H,11-12H2,1H3,(H,21,23). The van der Waals surface area contributed by atoms with Gasteiger partial charge in [-0.3, -0.25) is 9.59 Å². The highest BCUT2D eigenvalue weighted by Gasteiger charge is 2.14. The summed E-state index contributed by atoms with van der Waals surface area (Å²) in [5.41, 5.74) is 1.15. The molecule has 0 saturated heterocycles. The molecule has 7 heteroatoms. The lowest BCUT2D eigenvalue weighted by Gasteiger charge is -2.17. The number of benzene rings is 2. The van der Waals surface area contributed by atoms with Gasteiger partial charge in [0.1, 0.15) is 5.75 Å². The molecule has 2 aromatic rings. The second kappa shape index (κ2) is 8.85. The van der Waals surface area contributed by atoms with Crippen molar-refractivity contribution in [3.63, 3.8) is 0 Å². The van der Waals surface area contributed by atoms with Crippen LogP contribution < -0.4 is 10.1 Å². The zero-order valence-corrected chi connectivity index (χ0v) is 15.1. The van der Waals surface area contributed by atoms with Crippen LogP contribution in [0.5, 0.6) is 5.75 Å². The molecule has 0 spiro atoms. The van der Waals surface area contributed by atoms with Crippen LogP contribution in [0.3, 0.4) is 0 Å². The number of para-hydroxylation sites is 1. The van der Waals surface area contributed by atoms with Crippen LogP contribution >= 0.6 is 15.9 Å². The van der Waals surface area contributed by atoms with Crippen molar-refractivity contribution in [2.75, 3.05) is 25.5 Å². The molecule has 2 rings (SSSR count). The zero-order valence-electron chi connectivity index (χ0n) is 13.5. The number of anilines is 1. The molecule has 0 aliphatic carbocycles. The van der Waals surface area contributed by atoms with Crippen LogP contribution in [0.15, 0.2) is 53.0 Å². The van der Waals surface area contributed by atoms with Crippen LogP contribution in [-0.2, 0) is 9.59 Å². The van der Waals surface area contributed by atoms with Crippen LogP contribution in [0.2, 0.25) is 0 Å². The van der Waals surface area contributed by atoms with Crippen LogP contribution in [0, 0.1) is 11.3 Å². The minimum atomic E-state index is -0.327. The second-order valence-electron chi connectivity index (χ2n) is 5.20. The van der Waals surface area contributed by atoms with Gasteiger partial charge in [-0.15, -0.1) is 0 Å². The summed E-state index contributed by atoms with van der Waals surface area (Å²) in [7, 11) is 1.53. The number of hydrogen-bond donors (Lipinski definition) is 1. The van der Waals surface area contributed by atoms with Gasteiger partial charge in [-0.2, -0.15) is 5.26 Å². The molecule has 25 heavy (non-hydrogen) atoms. The summed E-state index contributed by atoms with van der Waals surface area (Å²) in [6.07, 6.45) is 0. The summed E-state index contributed by atoms with van der Waals surface area (Å²) < 4.78 is 6.13. The number of halogens is 1. The number of amides is 2. The molecular formula is C18H16BrN3O3. The monoisotopic (exact) mass is 401 g/mol. The van der Waals surface area contributed by atoms with Gasteiger partial charge >= 0.3 is 0 Å². The van der Waals surface area contributed by atoms with Crippen molar-refractivity contribution in [3.8, 4) is 11.8 Å². The van der Waals surface area contributed by atoms with E-state index in [9.17, 15) is 9.59 Å². The first-order valence-electron chi connectivity index (χ1n) is 7.41. The van der Waals surface area contributed by atoms with Crippen molar-refractivity contribution in [2.45, 2.75) is 0 Å². The van der Waals surface area contributed by atoms with E-state index in [-0.39, 0.29) is 25.0 Å². The maximum absolute atomic E-state index is 12.1. The molecule has 0 atom stereocenters. The minimum absolute atomic E-state index is 0.0864. The number of rotatable bonds is 6. The zero-order chi connectivity index (χ0) is 18.2. The molecule has 2 aromatic carbocycles. The summed E-state index contributed by atoms with van der Waals surface area (Å²) in [5, 5.41) is 11.5. The summed E-state index contributed by atoms with van der Waals surface area (Å²) in [5.74, 6) is -0.147. The molecule has 0 saturated carbocycles. The highest BCUT2D eigenvalue weighted by Crippen LogP contribution is 2.21. The first-order chi connectivity index (χ1) is 12.0. The van der Waals surface area contributed by atoms with Crippen molar-refractivity contribution < 1.29 is 14.3 Å². The van der Waals surface area contributed by atoms with Crippen LogP contribution in [0.1, 0.15) is 5.56 Å². The van der Waals surface area contributed by atoms with Gasteiger partial charge < -0.3 is 15.0 Å². The highest BCUT2D eigenvalue weighted by molar-refractivity contribution is 9.10. The Morgan fingerprint density at radius 3 is 2.52 bits per heavy atom. The smallest absolute Gasteiger partial charge is 0.260 e. The van der Waals surface area contributed by atoms with E-state index < -0.39 is 0 Å². The molecule has 0 bridgehead atoms. The third-order valence-electron chi connectivity index (χ3n) is 3.30. The van der Waals surface area contributed by atoms with Gasteiger partial charge in [0.15, 0.2) is 6.61 Å². The Morgan fingerprint density at radius 1 is 1.20 bits per heavy atom. The van der Waals surface area contributed by atoms with Gasteiger partial charge in [0.25, 0.3) is 5.91 Å². The van der Waals surface area contributed by atoms with Crippen molar-refractivity contribution in [3.05, 3.63) is 58.6 Å². The highest BCUT2D eigenvalue weighted by atomic mass is 79.9. The summed E-state index contributed by atoms with van der Waals surface area (Å²) in [4.78, 5) is 25.4. The molecule has 0 aliphatic heterocycles. The molecule has 0 aliphatic rings. The van der Waals surface area contributed by atoms with E-state index in [0.717, 1.165) is 4.47 Å². The molecule has 0 aromatic heterocycles. The number of likely N-dealkylation sites (N-methyl/N-ethyl adjacent to an activating group) is 1. The maximum Gasteiger partial charge on any atom is 0.260 e. The third kappa shape index (κ3) is 5.62. The van der Waals surface area contributed by atoms with Crippen LogP contribution in [0.4, 0.5) is 5.69 Å². The number of nitriles is 1. The fourth-order valence-corrected chi connectivity index (χ4v) is 2.32. The Morgan fingerprint density at radius 2 is 1.88 bits per heavy atom. The van der Waals surface area contributed by atoms with E-state index in [0.29, 0.717) is 17.0 Å². The predicted molar refractivity (Wildman–Crippen MR) is 97.1 cm³/mol. The van der Waals surface area contributed by atoms with E-state index in [1.807, 2.05) is 18.2 Å². The fourth-order valence-electron chi connectivity index (χ4n) is 1.94. The minimum Gasteiger partial charge on any atom is -0.484 e.